The van der Waals surface area contributed by atoms with Gasteiger partial charge in [-0.05, 0) is 39.5 Å². The summed E-state index contributed by atoms with van der Waals surface area (Å²) in [6, 6.07) is 0.170. The van der Waals surface area contributed by atoms with Gasteiger partial charge in [0.2, 0.25) is 11.9 Å². The number of carbonyl (C=O) groups is 1. The van der Waals surface area contributed by atoms with E-state index in [2.05, 4.69) is 33.6 Å². The third-order valence-corrected chi connectivity index (χ3v) is 8.00. The monoisotopic (exact) mass is 494 g/mol. The summed E-state index contributed by atoms with van der Waals surface area (Å²) in [6.07, 6.45) is 6.67. The Bertz CT molecular complexity index is 1140. The highest BCUT2D eigenvalue weighted by Crippen LogP contribution is 2.42. The van der Waals surface area contributed by atoms with Gasteiger partial charge in [-0.25, -0.2) is 15.0 Å². The molecule has 0 spiro atoms. The Morgan fingerprint density at radius 1 is 1.17 bits per heavy atom. The lowest BCUT2D eigenvalue weighted by atomic mass is 9.99. The van der Waals surface area contributed by atoms with Gasteiger partial charge in [-0.1, -0.05) is 0 Å². The minimum atomic E-state index is -0.285. The van der Waals surface area contributed by atoms with Crippen LogP contribution in [0.15, 0.2) is 12.4 Å². The Morgan fingerprint density at radius 3 is 2.75 bits per heavy atom. The van der Waals surface area contributed by atoms with Crippen LogP contribution in [0, 0.1) is 0 Å². The molecule has 3 fully saturated rings. The molecule has 192 valence electrons. The molecule has 36 heavy (non-hydrogen) atoms. The number of aromatic nitrogens is 4. The number of morpholine rings is 1. The van der Waals surface area contributed by atoms with Crippen LogP contribution in [0.2, 0.25) is 0 Å². The normalized spacial score (nSPS) is 28.1. The maximum atomic E-state index is 13.1. The molecule has 2 aromatic heterocycles. The summed E-state index contributed by atoms with van der Waals surface area (Å²) in [5.41, 5.74) is 8.33. The summed E-state index contributed by atoms with van der Waals surface area (Å²) in [5, 5.41) is 0. The number of anilines is 3. The lowest BCUT2D eigenvalue weighted by molar-refractivity contribution is -0.140. The van der Waals surface area contributed by atoms with Gasteiger partial charge in [0.05, 0.1) is 30.5 Å². The molecule has 4 aliphatic rings. The molecule has 3 atom stereocenters. The molecule has 11 heteroatoms. The largest absolute Gasteiger partial charge is 0.377 e. The number of nitrogen functional groups attached to an aromatic ring is 1. The van der Waals surface area contributed by atoms with Crippen molar-refractivity contribution >= 4 is 23.6 Å². The molecule has 0 aromatic carbocycles. The van der Waals surface area contributed by atoms with E-state index in [0.717, 1.165) is 68.0 Å². The fraction of sp³-hybridized carbons (Fsp3) is 0.640. The van der Waals surface area contributed by atoms with Crippen molar-refractivity contribution in [1.82, 2.24) is 24.8 Å². The summed E-state index contributed by atoms with van der Waals surface area (Å²) in [4.78, 5) is 38.3. The van der Waals surface area contributed by atoms with Crippen LogP contribution in [0.4, 0.5) is 17.7 Å². The van der Waals surface area contributed by atoms with Gasteiger partial charge >= 0.3 is 0 Å². The van der Waals surface area contributed by atoms with E-state index in [9.17, 15) is 4.79 Å². The zero-order valence-electron chi connectivity index (χ0n) is 21.0. The number of rotatable bonds is 4. The number of carbonyl (C=O) groups excluding carboxylic acids is 1. The summed E-state index contributed by atoms with van der Waals surface area (Å²) in [5.74, 6) is 2.00. The maximum Gasteiger partial charge on any atom is 0.251 e. The molecule has 2 aromatic rings. The molecule has 2 N–H and O–H groups in total. The number of ether oxygens (including phenoxy) is 2. The SMILES string of the molecule is C[C@H]1COCCN1c1nc(-c2cnc(N)nc2)c2c(n1)N([C@@]1(C)CCN(C(=O)[C@H]3CCCO3)C1)CC2. The summed E-state index contributed by atoms with van der Waals surface area (Å²) in [6.45, 7) is 9.30. The van der Waals surface area contributed by atoms with Crippen LogP contribution in [0.3, 0.4) is 0 Å². The molecule has 6 heterocycles. The molecule has 4 aliphatic heterocycles. The van der Waals surface area contributed by atoms with Gasteiger partial charge in [-0.3, -0.25) is 4.79 Å². The van der Waals surface area contributed by atoms with Crippen molar-refractivity contribution in [1.29, 1.82) is 0 Å². The molecule has 0 aliphatic carbocycles. The molecular weight excluding hydrogens is 460 g/mol. The van der Waals surface area contributed by atoms with Crippen molar-refractivity contribution in [3.8, 4) is 11.3 Å². The highest BCUT2D eigenvalue weighted by atomic mass is 16.5. The van der Waals surface area contributed by atoms with Gasteiger partial charge in [-0.2, -0.15) is 4.98 Å². The second-order valence-electron chi connectivity index (χ2n) is 10.5. The van der Waals surface area contributed by atoms with E-state index in [1.807, 2.05) is 4.90 Å². The molecule has 0 unspecified atom stereocenters. The first-order valence-corrected chi connectivity index (χ1v) is 12.9. The van der Waals surface area contributed by atoms with E-state index >= 15 is 0 Å². The first-order chi connectivity index (χ1) is 17.4. The van der Waals surface area contributed by atoms with Crippen molar-refractivity contribution < 1.29 is 14.3 Å². The third kappa shape index (κ3) is 4.03. The molecule has 11 nitrogen and oxygen atoms in total. The number of nitrogens with zero attached hydrogens (tertiary/aromatic N) is 7. The van der Waals surface area contributed by atoms with Crippen LogP contribution in [-0.2, 0) is 20.7 Å². The van der Waals surface area contributed by atoms with E-state index in [1.165, 1.54) is 0 Å². The number of hydrogen-bond donors (Lipinski definition) is 1. The van der Waals surface area contributed by atoms with Gasteiger partial charge in [0.25, 0.3) is 5.91 Å². The number of fused-ring (bicyclic) bond motifs is 1. The van der Waals surface area contributed by atoms with Crippen LogP contribution < -0.4 is 15.5 Å². The van der Waals surface area contributed by atoms with Gasteiger partial charge in [-0.15, -0.1) is 0 Å². The zero-order chi connectivity index (χ0) is 24.9. The van der Waals surface area contributed by atoms with Crippen molar-refractivity contribution in [3.63, 3.8) is 0 Å². The number of hydrogen-bond acceptors (Lipinski definition) is 10. The summed E-state index contributed by atoms with van der Waals surface area (Å²) >= 11 is 0. The second-order valence-corrected chi connectivity index (χ2v) is 10.5. The highest BCUT2D eigenvalue weighted by Gasteiger charge is 2.46. The third-order valence-electron chi connectivity index (χ3n) is 8.00. The fourth-order valence-corrected chi connectivity index (χ4v) is 5.95. The lowest BCUT2D eigenvalue weighted by Gasteiger charge is -2.38. The van der Waals surface area contributed by atoms with Crippen LogP contribution in [-0.4, -0.2) is 94.4 Å². The van der Waals surface area contributed by atoms with Gasteiger partial charge in [0.15, 0.2) is 0 Å². The van der Waals surface area contributed by atoms with E-state index < -0.39 is 0 Å². The van der Waals surface area contributed by atoms with E-state index in [1.54, 1.807) is 12.4 Å². The fourth-order valence-electron chi connectivity index (χ4n) is 5.95. The quantitative estimate of drug-likeness (QED) is 0.665. The first kappa shape index (κ1) is 23.4. The number of nitrogens with two attached hydrogens (primary N) is 1. The Balaban J connectivity index is 1.36. The van der Waals surface area contributed by atoms with Crippen LogP contribution in [0.25, 0.3) is 11.3 Å². The predicted molar refractivity (Wildman–Crippen MR) is 135 cm³/mol. The standard InChI is InChI=1S/C25H34N8O3/c1-16-14-35-11-9-32(16)24-29-20(17-12-27-23(26)28-13-17)18-5-7-33(21(18)30-24)25(2)6-8-31(15-25)22(34)19-4-3-10-36-19/h12-13,16,19H,3-11,14-15H2,1-2H3,(H2,26,27,28)/t16-,19+,25-/m0/s1. The average molecular weight is 495 g/mol. The maximum absolute atomic E-state index is 13.1. The molecule has 6 rings (SSSR count). The molecule has 1 amide bonds. The summed E-state index contributed by atoms with van der Waals surface area (Å²) < 4.78 is 11.3. The van der Waals surface area contributed by atoms with Gasteiger partial charge < -0.3 is 29.9 Å². The Hall–Kier alpha value is -3.05. The Kier molecular flexibility index (Phi) is 5.91. The minimum absolute atomic E-state index is 0.126. The van der Waals surface area contributed by atoms with E-state index in [-0.39, 0.29) is 29.5 Å². The van der Waals surface area contributed by atoms with Crippen LogP contribution in [0.5, 0.6) is 0 Å². The molecule has 0 saturated carbocycles. The molecular formula is C25H34N8O3. The average Bonchev–Trinajstić information content (AvgIpc) is 3.64. The predicted octanol–water partition coefficient (Wildman–Crippen LogP) is 1.27. The van der Waals surface area contributed by atoms with Crippen molar-refractivity contribution in [2.24, 2.45) is 0 Å². The van der Waals surface area contributed by atoms with Gasteiger partial charge in [0, 0.05) is 56.3 Å². The molecule has 0 bridgehead atoms. The Morgan fingerprint density at radius 2 is 2.00 bits per heavy atom. The second kappa shape index (κ2) is 9.11. The number of likely N-dealkylation sites (tertiary alicyclic amines) is 1. The zero-order valence-corrected chi connectivity index (χ0v) is 21.0. The van der Waals surface area contributed by atoms with Crippen molar-refractivity contribution in [2.45, 2.75) is 57.2 Å². The number of amides is 1. The molecule has 3 saturated heterocycles. The summed E-state index contributed by atoms with van der Waals surface area (Å²) in [7, 11) is 0. The lowest BCUT2D eigenvalue weighted by Crippen LogP contribution is -2.50. The van der Waals surface area contributed by atoms with Crippen LogP contribution >= 0.6 is 0 Å². The highest BCUT2D eigenvalue weighted by molar-refractivity contribution is 5.82. The molecule has 0 radical (unpaired) electrons. The van der Waals surface area contributed by atoms with Gasteiger partial charge in [0.1, 0.15) is 11.9 Å². The topological polar surface area (TPSA) is 123 Å². The van der Waals surface area contributed by atoms with E-state index in [4.69, 9.17) is 25.2 Å². The van der Waals surface area contributed by atoms with Crippen molar-refractivity contribution in [2.75, 3.05) is 61.5 Å². The minimum Gasteiger partial charge on any atom is -0.377 e. The first-order valence-electron chi connectivity index (χ1n) is 12.9. The Labute approximate surface area is 211 Å². The van der Waals surface area contributed by atoms with Crippen molar-refractivity contribution in [3.05, 3.63) is 18.0 Å². The smallest absolute Gasteiger partial charge is 0.251 e. The van der Waals surface area contributed by atoms with Crippen LogP contribution in [0.1, 0.15) is 38.7 Å². The van der Waals surface area contributed by atoms with E-state index in [0.29, 0.717) is 32.3 Å².